The molecule has 130 valence electrons. The average molecular weight is 336 g/mol. The molecule has 0 N–H and O–H groups in total. The zero-order chi connectivity index (χ0) is 17.4. The normalized spacial score (nSPS) is 18.0. The highest BCUT2D eigenvalue weighted by molar-refractivity contribution is 5.89. The molecule has 0 aliphatic carbocycles. The molecule has 1 atom stereocenters. The summed E-state index contributed by atoms with van der Waals surface area (Å²) in [4.78, 5) is 14.9. The van der Waals surface area contributed by atoms with Crippen molar-refractivity contribution in [2.45, 2.75) is 25.2 Å². The zero-order valence-corrected chi connectivity index (χ0v) is 14.9. The van der Waals surface area contributed by atoms with Crippen molar-refractivity contribution in [3.8, 4) is 0 Å². The molecule has 5 heteroatoms. The van der Waals surface area contributed by atoms with Crippen LogP contribution in [0.3, 0.4) is 0 Å². The van der Waals surface area contributed by atoms with Crippen molar-refractivity contribution < 1.29 is 4.79 Å². The summed E-state index contributed by atoms with van der Waals surface area (Å²) < 4.78 is 3.94. The van der Waals surface area contributed by atoms with E-state index in [1.807, 2.05) is 42.0 Å². The van der Waals surface area contributed by atoms with Crippen LogP contribution < -0.4 is 0 Å². The average Bonchev–Trinajstić information content (AvgIpc) is 3.20. The predicted molar refractivity (Wildman–Crippen MR) is 98.4 cm³/mol. The van der Waals surface area contributed by atoms with Crippen molar-refractivity contribution >= 4 is 16.8 Å². The number of nitrogens with zero attached hydrogens (tertiary/aromatic N) is 4. The zero-order valence-electron chi connectivity index (χ0n) is 14.9. The molecular formula is C20H24N4O. The molecule has 0 bridgehead atoms. The minimum absolute atomic E-state index is 0.219. The van der Waals surface area contributed by atoms with Crippen LogP contribution in [0, 0.1) is 0 Å². The minimum Gasteiger partial charge on any atom is -0.350 e. The Morgan fingerprint density at radius 1 is 1.24 bits per heavy atom. The Morgan fingerprint density at radius 3 is 2.88 bits per heavy atom. The Bertz CT molecular complexity index is 907. The number of rotatable bonds is 3. The van der Waals surface area contributed by atoms with Crippen molar-refractivity contribution in [1.29, 1.82) is 0 Å². The maximum absolute atomic E-state index is 12.9. The summed E-state index contributed by atoms with van der Waals surface area (Å²) in [6.07, 6.45) is 6.68. The summed E-state index contributed by atoms with van der Waals surface area (Å²) in [5.74, 6) is 0.573. The number of amides is 1. The third-order valence-electron chi connectivity index (χ3n) is 5.25. The van der Waals surface area contributed by atoms with E-state index in [4.69, 9.17) is 0 Å². The first-order valence-corrected chi connectivity index (χ1v) is 8.92. The van der Waals surface area contributed by atoms with Crippen LogP contribution in [0.4, 0.5) is 0 Å². The van der Waals surface area contributed by atoms with Crippen LogP contribution in [-0.4, -0.2) is 38.2 Å². The second-order valence-electron chi connectivity index (χ2n) is 7.05. The third-order valence-corrected chi connectivity index (χ3v) is 5.25. The molecule has 1 fully saturated rings. The molecule has 3 heterocycles. The number of carbonyl (C=O) groups is 1. The maximum atomic E-state index is 12.9. The van der Waals surface area contributed by atoms with E-state index >= 15 is 0 Å². The van der Waals surface area contributed by atoms with E-state index in [9.17, 15) is 4.79 Å². The van der Waals surface area contributed by atoms with E-state index < -0.39 is 0 Å². The molecule has 25 heavy (non-hydrogen) atoms. The van der Waals surface area contributed by atoms with Gasteiger partial charge in [-0.3, -0.25) is 9.48 Å². The fourth-order valence-electron chi connectivity index (χ4n) is 3.94. The molecule has 0 radical (unpaired) electrons. The van der Waals surface area contributed by atoms with Gasteiger partial charge in [-0.05, 0) is 30.5 Å². The van der Waals surface area contributed by atoms with Gasteiger partial charge >= 0.3 is 0 Å². The van der Waals surface area contributed by atoms with Gasteiger partial charge in [-0.2, -0.15) is 5.10 Å². The monoisotopic (exact) mass is 336 g/mol. The Hall–Kier alpha value is -2.56. The van der Waals surface area contributed by atoms with E-state index in [2.05, 4.69) is 34.1 Å². The number of fused-ring (bicyclic) bond motifs is 1. The van der Waals surface area contributed by atoms with Crippen LogP contribution in [0.15, 0.2) is 42.7 Å². The first kappa shape index (κ1) is 15.9. The third kappa shape index (κ3) is 3.06. The van der Waals surface area contributed by atoms with Crippen LogP contribution in [0.1, 0.15) is 30.0 Å². The van der Waals surface area contributed by atoms with Crippen LogP contribution in [-0.2, 0) is 25.3 Å². The van der Waals surface area contributed by atoms with Gasteiger partial charge in [-0.25, -0.2) is 0 Å². The molecule has 1 aliphatic rings. The Balaban J connectivity index is 1.50. The van der Waals surface area contributed by atoms with Gasteiger partial charge in [0.2, 0.25) is 5.91 Å². The molecule has 3 aromatic rings. The van der Waals surface area contributed by atoms with Crippen LogP contribution in [0.2, 0.25) is 0 Å². The summed E-state index contributed by atoms with van der Waals surface area (Å²) in [6, 6.07) is 10.3. The molecular weight excluding hydrogens is 312 g/mol. The van der Waals surface area contributed by atoms with Crippen LogP contribution in [0.25, 0.3) is 10.9 Å². The molecule has 0 unspecified atom stereocenters. The minimum atomic E-state index is 0.219. The summed E-state index contributed by atoms with van der Waals surface area (Å²) in [7, 11) is 3.98. The number of hydrogen-bond donors (Lipinski definition) is 0. The fraction of sp³-hybridized carbons (Fsp3) is 0.400. The molecule has 1 saturated heterocycles. The smallest absolute Gasteiger partial charge is 0.227 e. The summed E-state index contributed by atoms with van der Waals surface area (Å²) in [5.41, 5.74) is 3.39. The van der Waals surface area contributed by atoms with Crippen molar-refractivity contribution in [3.63, 3.8) is 0 Å². The summed E-state index contributed by atoms with van der Waals surface area (Å²) in [5, 5.41) is 5.71. The summed E-state index contributed by atoms with van der Waals surface area (Å²) >= 11 is 0. The van der Waals surface area contributed by atoms with Crippen molar-refractivity contribution in [3.05, 3.63) is 54.0 Å². The first-order valence-electron chi connectivity index (χ1n) is 8.92. The number of para-hydroxylation sites is 1. The predicted octanol–water partition coefficient (Wildman–Crippen LogP) is 2.86. The highest BCUT2D eigenvalue weighted by atomic mass is 16.2. The van der Waals surface area contributed by atoms with Gasteiger partial charge < -0.3 is 9.47 Å². The van der Waals surface area contributed by atoms with E-state index in [1.54, 1.807) is 0 Å². The molecule has 1 amide bonds. The largest absolute Gasteiger partial charge is 0.350 e. The van der Waals surface area contributed by atoms with Gasteiger partial charge in [-0.1, -0.05) is 18.2 Å². The molecule has 2 aromatic heterocycles. The summed E-state index contributed by atoms with van der Waals surface area (Å²) in [6.45, 7) is 1.63. The van der Waals surface area contributed by atoms with E-state index in [0.29, 0.717) is 12.3 Å². The molecule has 5 nitrogen and oxygen atoms in total. The van der Waals surface area contributed by atoms with Crippen molar-refractivity contribution in [2.75, 3.05) is 13.1 Å². The lowest BCUT2D eigenvalue weighted by molar-refractivity contribution is -0.131. The standard InChI is InChI=1S/C20H24N4O/c1-22-13-16(17-7-3-4-8-19(17)22)12-20(25)24-10-5-6-15(14-24)18-9-11-23(2)21-18/h3-4,7-9,11,13,15H,5-6,10,12,14H2,1-2H3/t15-/m0/s1. The number of aromatic nitrogens is 3. The fourth-order valence-corrected chi connectivity index (χ4v) is 3.94. The maximum Gasteiger partial charge on any atom is 0.227 e. The molecule has 0 spiro atoms. The van der Waals surface area contributed by atoms with Crippen LogP contribution >= 0.6 is 0 Å². The molecule has 0 saturated carbocycles. The molecule has 1 aliphatic heterocycles. The molecule has 4 rings (SSSR count). The van der Waals surface area contributed by atoms with Gasteiger partial charge in [0, 0.05) is 56.4 Å². The number of carbonyl (C=O) groups excluding carboxylic acids is 1. The molecule has 1 aromatic carbocycles. The second kappa shape index (κ2) is 6.39. The van der Waals surface area contributed by atoms with Gasteiger partial charge in [0.05, 0.1) is 12.1 Å². The first-order chi connectivity index (χ1) is 12.1. The van der Waals surface area contributed by atoms with E-state index in [1.165, 1.54) is 10.9 Å². The quantitative estimate of drug-likeness (QED) is 0.738. The number of aryl methyl sites for hydroxylation is 2. The van der Waals surface area contributed by atoms with Gasteiger partial charge in [0.25, 0.3) is 0 Å². The lowest BCUT2D eigenvalue weighted by atomic mass is 9.94. The van der Waals surface area contributed by atoms with Crippen molar-refractivity contribution in [2.24, 2.45) is 14.1 Å². The van der Waals surface area contributed by atoms with E-state index in [-0.39, 0.29) is 5.91 Å². The Labute approximate surface area is 147 Å². The number of benzene rings is 1. The highest BCUT2D eigenvalue weighted by Gasteiger charge is 2.26. The lowest BCUT2D eigenvalue weighted by Gasteiger charge is -2.32. The van der Waals surface area contributed by atoms with E-state index in [0.717, 1.165) is 37.2 Å². The van der Waals surface area contributed by atoms with Gasteiger partial charge in [-0.15, -0.1) is 0 Å². The van der Waals surface area contributed by atoms with Crippen molar-refractivity contribution in [1.82, 2.24) is 19.2 Å². The Morgan fingerprint density at radius 2 is 2.08 bits per heavy atom. The number of hydrogen-bond acceptors (Lipinski definition) is 2. The van der Waals surface area contributed by atoms with Crippen LogP contribution in [0.5, 0.6) is 0 Å². The topological polar surface area (TPSA) is 43.1 Å². The highest BCUT2D eigenvalue weighted by Crippen LogP contribution is 2.27. The number of likely N-dealkylation sites (tertiary alicyclic amines) is 1. The van der Waals surface area contributed by atoms with Gasteiger partial charge in [0.1, 0.15) is 0 Å². The second-order valence-corrected chi connectivity index (χ2v) is 7.05. The lowest BCUT2D eigenvalue weighted by Crippen LogP contribution is -2.40. The van der Waals surface area contributed by atoms with Gasteiger partial charge in [0.15, 0.2) is 0 Å². The Kier molecular flexibility index (Phi) is 4.07. The number of piperidine rings is 1. The SMILES string of the molecule is Cn1ccc([C@H]2CCCN(C(=O)Cc3cn(C)c4ccccc34)C2)n1.